The zero-order valence-corrected chi connectivity index (χ0v) is 13.6. The van der Waals surface area contributed by atoms with Crippen molar-refractivity contribution in [2.24, 2.45) is 11.1 Å². The Labute approximate surface area is 131 Å². The molecule has 2 rings (SSSR count). The maximum absolute atomic E-state index is 12.1. The van der Waals surface area contributed by atoms with Crippen LogP contribution in [0.4, 0.5) is 0 Å². The van der Waals surface area contributed by atoms with Crippen LogP contribution in [0.3, 0.4) is 0 Å². The molecule has 0 unspecified atom stereocenters. The number of aromatic nitrogens is 1. The Morgan fingerprint density at radius 1 is 1.50 bits per heavy atom. The van der Waals surface area contributed by atoms with Gasteiger partial charge in [0.2, 0.25) is 0 Å². The number of hydrogen-bond acceptors (Lipinski definition) is 4. The summed E-state index contributed by atoms with van der Waals surface area (Å²) in [5.41, 5.74) is 6.35. The van der Waals surface area contributed by atoms with E-state index in [2.05, 4.69) is 17.2 Å². The van der Waals surface area contributed by atoms with Gasteiger partial charge in [-0.2, -0.15) is 0 Å². The lowest BCUT2D eigenvalue weighted by atomic mass is 9.83. The second-order valence-corrected chi connectivity index (χ2v) is 6.35. The normalized spacial score (nSPS) is 16.7. The van der Waals surface area contributed by atoms with E-state index >= 15 is 0 Å². The van der Waals surface area contributed by atoms with Crippen LogP contribution in [0.5, 0.6) is 0 Å². The monoisotopic (exact) mass is 317 g/mol. The number of halogens is 1. The number of rotatable bonds is 6. The van der Waals surface area contributed by atoms with Crippen molar-refractivity contribution >= 4 is 29.7 Å². The third-order valence-electron chi connectivity index (χ3n) is 4.18. The Balaban J connectivity index is 0.00000200. The van der Waals surface area contributed by atoms with Crippen LogP contribution < -0.4 is 11.1 Å². The number of carbonyl (C=O) groups excluding carboxylic acids is 1. The molecule has 4 nitrogen and oxygen atoms in total. The molecular weight excluding hydrogens is 294 g/mol. The Bertz CT molecular complexity index is 430. The van der Waals surface area contributed by atoms with E-state index < -0.39 is 0 Å². The van der Waals surface area contributed by atoms with E-state index in [0.29, 0.717) is 17.7 Å². The Hall–Kier alpha value is -0.650. The van der Waals surface area contributed by atoms with Crippen LogP contribution in [0.15, 0.2) is 5.38 Å². The number of nitrogens with one attached hydrogen (secondary N) is 1. The molecule has 0 atom stereocenters. The van der Waals surface area contributed by atoms with E-state index in [1.54, 1.807) is 0 Å². The lowest BCUT2D eigenvalue weighted by molar-refractivity contribution is 0.0924. The molecule has 1 fully saturated rings. The standard InChI is InChI=1S/C14H23N3OS.ClH/c1-2-14(6-3-4-7-14)10-16-13(18)11-9-19-12(17-11)5-8-15;/h9H,2-8,10,15H2,1H3,(H,16,18);1H. The van der Waals surface area contributed by atoms with Crippen molar-refractivity contribution in [3.05, 3.63) is 16.1 Å². The van der Waals surface area contributed by atoms with Crippen LogP contribution >= 0.6 is 23.7 Å². The molecule has 0 radical (unpaired) electrons. The van der Waals surface area contributed by atoms with E-state index in [4.69, 9.17) is 5.73 Å². The molecule has 0 aromatic carbocycles. The Morgan fingerprint density at radius 2 is 2.20 bits per heavy atom. The maximum Gasteiger partial charge on any atom is 0.270 e. The molecule has 0 saturated heterocycles. The summed E-state index contributed by atoms with van der Waals surface area (Å²) in [6.45, 7) is 3.58. The van der Waals surface area contributed by atoms with Crippen LogP contribution in [0.2, 0.25) is 0 Å². The molecule has 1 aliphatic rings. The van der Waals surface area contributed by atoms with Gasteiger partial charge in [0.05, 0.1) is 5.01 Å². The molecule has 1 aromatic heterocycles. The molecule has 20 heavy (non-hydrogen) atoms. The van der Waals surface area contributed by atoms with E-state index in [0.717, 1.165) is 24.4 Å². The third kappa shape index (κ3) is 4.17. The zero-order chi connectivity index (χ0) is 13.7. The van der Waals surface area contributed by atoms with E-state index in [1.165, 1.54) is 37.0 Å². The first-order valence-corrected chi connectivity index (χ1v) is 8.00. The first-order valence-electron chi connectivity index (χ1n) is 7.12. The average molecular weight is 318 g/mol. The molecule has 3 N–H and O–H groups in total. The van der Waals surface area contributed by atoms with Gasteiger partial charge in [-0.1, -0.05) is 19.8 Å². The van der Waals surface area contributed by atoms with Gasteiger partial charge >= 0.3 is 0 Å². The van der Waals surface area contributed by atoms with Crippen molar-refractivity contribution in [1.82, 2.24) is 10.3 Å². The van der Waals surface area contributed by atoms with Crippen LogP contribution in [0, 0.1) is 5.41 Å². The number of carbonyl (C=O) groups is 1. The second kappa shape index (κ2) is 7.96. The van der Waals surface area contributed by atoms with Crippen molar-refractivity contribution in [1.29, 1.82) is 0 Å². The largest absolute Gasteiger partial charge is 0.350 e. The number of amides is 1. The van der Waals surface area contributed by atoms with Crippen molar-refractivity contribution in [3.63, 3.8) is 0 Å². The molecule has 1 amide bonds. The minimum absolute atomic E-state index is 0. The van der Waals surface area contributed by atoms with Gasteiger partial charge in [-0.3, -0.25) is 4.79 Å². The van der Waals surface area contributed by atoms with Gasteiger partial charge in [-0.25, -0.2) is 4.98 Å². The fourth-order valence-corrected chi connectivity index (χ4v) is 3.59. The minimum Gasteiger partial charge on any atom is -0.350 e. The van der Waals surface area contributed by atoms with Gasteiger partial charge in [0.15, 0.2) is 0 Å². The second-order valence-electron chi connectivity index (χ2n) is 5.41. The predicted molar refractivity (Wildman–Crippen MR) is 85.6 cm³/mol. The summed E-state index contributed by atoms with van der Waals surface area (Å²) in [5.74, 6) is -0.0424. The first-order chi connectivity index (χ1) is 9.19. The number of nitrogens with zero attached hydrogens (tertiary/aromatic N) is 1. The van der Waals surface area contributed by atoms with Gasteiger partial charge in [0, 0.05) is 18.3 Å². The highest BCUT2D eigenvalue weighted by molar-refractivity contribution is 7.09. The van der Waals surface area contributed by atoms with Crippen molar-refractivity contribution in [3.8, 4) is 0 Å². The van der Waals surface area contributed by atoms with E-state index in [9.17, 15) is 4.79 Å². The summed E-state index contributed by atoms with van der Waals surface area (Å²) in [6.07, 6.45) is 6.94. The van der Waals surface area contributed by atoms with Gasteiger partial charge in [0.1, 0.15) is 5.69 Å². The number of thiazole rings is 1. The van der Waals surface area contributed by atoms with Crippen LogP contribution in [0.1, 0.15) is 54.5 Å². The summed E-state index contributed by atoms with van der Waals surface area (Å²) >= 11 is 1.51. The molecule has 1 heterocycles. The van der Waals surface area contributed by atoms with E-state index in [1.807, 2.05) is 5.38 Å². The smallest absolute Gasteiger partial charge is 0.270 e. The predicted octanol–water partition coefficient (Wildman–Crippen LogP) is 2.77. The highest BCUT2D eigenvalue weighted by Crippen LogP contribution is 2.40. The minimum atomic E-state index is -0.0424. The average Bonchev–Trinajstić information content (AvgIpc) is 3.06. The highest BCUT2D eigenvalue weighted by Gasteiger charge is 2.32. The van der Waals surface area contributed by atoms with Gasteiger partial charge in [0.25, 0.3) is 5.91 Å². The number of hydrogen-bond donors (Lipinski definition) is 2. The molecule has 1 aliphatic carbocycles. The summed E-state index contributed by atoms with van der Waals surface area (Å²) in [7, 11) is 0. The van der Waals surface area contributed by atoms with Crippen LogP contribution in [-0.4, -0.2) is 24.0 Å². The lowest BCUT2D eigenvalue weighted by Gasteiger charge is -2.27. The summed E-state index contributed by atoms with van der Waals surface area (Å²) < 4.78 is 0. The van der Waals surface area contributed by atoms with Gasteiger partial charge in [-0.05, 0) is 31.2 Å². The van der Waals surface area contributed by atoms with Crippen molar-refractivity contribution < 1.29 is 4.79 Å². The fourth-order valence-electron chi connectivity index (χ4n) is 2.79. The molecule has 114 valence electrons. The van der Waals surface area contributed by atoms with Crippen molar-refractivity contribution in [2.45, 2.75) is 45.4 Å². The quantitative estimate of drug-likeness (QED) is 0.847. The molecular formula is C14H24ClN3OS. The number of nitrogens with two attached hydrogens (primary N) is 1. The molecule has 0 aliphatic heterocycles. The molecule has 1 aromatic rings. The van der Waals surface area contributed by atoms with Gasteiger partial charge < -0.3 is 11.1 Å². The fraction of sp³-hybridized carbons (Fsp3) is 0.714. The van der Waals surface area contributed by atoms with Crippen LogP contribution in [-0.2, 0) is 6.42 Å². The maximum atomic E-state index is 12.1. The lowest BCUT2D eigenvalue weighted by Crippen LogP contribution is -2.35. The summed E-state index contributed by atoms with van der Waals surface area (Å²) in [5, 5.41) is 5.83. The zero-order valence-electron chi connectivity index (χ0n) is 12.0. The topological polar surface area (TPSA) is 68.0 Å². The van der Waals surface area contributed by atoms with E-state index in [-0.39, 0.29) is 18.3 Å². The summed E-state index contributed by atoms with van der Waals surface area (Å²) in [6, 6.07) is 0. The van der Waals surface area contributed by atoms with Gasteiger partial charge in [-0.15, -0.1) is 23.7 Å². The Morgan fingerprint density at radius 3 is 2.80 bits per heavy atom. The third-order valence-corrected chi connectivity index (χ3v) is 5.09. The highest BCUT2D eigenvalue weighted by atomic mass is 35.5. The van der Waals surface area contributed by atoms with Crippen molar-refractivity contribution in [2.75, 3.05) is 13.1 Å². The summed E-state index contributed by atoms with van der Waals surface area (Å²) in [4.78, 5) is 16.4. The van der Waals surface area contributed by atoms with Crippen LogP contribution in [0.25, 0.3) is 0 Å². The molecule has 0 bridgehead atoms. The SMILES string of the molecule is CCC1(CNC(=O)c2csc(CCN)n2)CCCC1.Cl. The molecule has 1 saturated carbocycles. The molecule has 0 spiro atoms. The molecule has 6 heteroatoms. The Kier molecular flexibility index (Phi) is 6.92. The first kappa shape index (κ1) is 17.4.